The average molecular weight is 1540 g/mol. The summed E-state index contributed by atoms with van der Waals surface area (Å²) in [6.07, 6.45) is 4.33. The predicted octanol–water partition coefficient (Wildman–Crippen LogP) is 12.4. The van der Waals surface area contributed by atoms with Crippen LogP contribution < -0.4 is 25.6 Å². The quantitative estimate of drug-likeness (QED) is 0.0226. The van der Waals surface area contributed by atoms with E-state index in [0.29, 0.717) is 82.6 Å². The number of nitrogens with zero attached hydrogens (tertiary/aromatic N) is 6. The highest BCUT2D eigenvalue weighted by Crippen LogP contribution is 2.44. The molecule has 20 nitrogen and oxygen atoms in total. The Hall–Kier alpha value is -7.37. The van der Waals surface area contributed by atoms with E-state index in [-0.39, 0.29) is 54.4 Å². The molecule has 1 aromatic heterocycles. The lowest BCUT2D eigenvalue weighted by Gasteiger charge is -2.39. The van der Waals surface area contributed by atoms with E-state index in [9.17, 15) is 59.1 Å². The van der Waals surface area contributed by atoms with Crippen molar-refractivity contribution in [1.29, 1.82) is 0 Å². The number of allylic oxidation sites excluding steroid dienone is 1. The summed E-state index contributed by atoms with van der Waals surface area (Å²) in [6, 6.07) is 30.8. The van der Waals surface area contributed by atoms with Crippen molar-refractivity contribution in [3.05, 3.63) is 160 Å². The van der Waals surface area contributed by atoms with Crippen molar-refractivity contribution in [3.8, 4) is 10.4 Å². The van der Waals surface area contributed by atoms with E-state index in [0.717, 1.165) is 83.3 Å². The first-order valence-corrected chi connectivity index (χ1v) is 41.0. The van der Waals surface area contributed by atoms with Crippen molar-refractivity contribution in [1.82, 2.24) is 39.9 Å². The van der Waals surface area contributed by atoms with Gasteiger partial charge in [-0.25, -0.2) is 26.5 Å². The molecule has 10 rings (SSSR count). The maximum Gasteiger partial charge on any atom is 0.501 e. The molecule has 0 radical (unpaired) electrons. The number of aryl methyl sites for hydroxylation is 1. The number of alkyl halides is 3. The molecule has 0 spiro atoms. The van der Waals surface area contributed by atoms with Gasteiger partial charge in [0.15, 0.2) is 0 Å². The molecule has 3 fully saturated rings. The normalized spacial score (nSPS) is 18.7. The number of carbonyl (C=O) groups excluding carboxylic acids is 5. The lowest BCUT2D eigenvalue weighted by molar-refractivity contribution is -0.144. The van der Waals surface area contributed by atoms with Gasteiger partial charge >= 0.3 is 5.51 Å². The SMILES string of the molecule is Cc1ncsc1-c1ccc([C@H](C)NC(=O)[C@@H]2C[C@@H](O)CN2C(=O)[C@@H](NC(=O)CCCCCC(=O)N2CCN(CC[C@H](CSc3ccccc3)Nc3ccc(S(=O)(=O)NC(=O)c4ccc(N5CCN(CC6=C(c7ccc(Cl)cc7)CC(C)(C)CC6)CC5)cc4)cc3S(=O)(=O)C(F)(F)F)CC2)C(C)(C)C)cc1. The Kier molecular flexibility index (Phi) is 26.5. The molecule has 0 unspecified atom stereocenters. The highest BCUT2D eigenvalue weighted by Gasteiger charge is 2.49. The summed E-state index contributed by atoms with van der Waals surface area (Å²) < 4.78 is 100. The monoisotopic (exact) mass is 1540 g/mol. The van der Waals surface area contributed by atoms with Crippen molar-refractivity contribution in [2.24, 2.45) is 10.8 Å². The summed E-state index contributed by atoms with van der Waals surface area (Å²) in [5.74, 6) is -2.10. The minimum Gasteiger partial charge on any atom is -0.391 e. The van der Waals surface area contributed by atoms with Crippen molar-refractivity contribution in [2.45, 2.75) is 163 Å². The number of sulfonamides is 1. The topological polar surface area (TPSA) is 251 Å². The number of thioether (sulfide) groups is 1. The van der Waals surface area contributed by atoms with Crippen LogP contribution in [-0.4, -0.2) is 184 Å². The van der Waals surface area contributed by atoms with Gasteiger partial charge in [-0.15, -0.1) is 23.1 Å². The molecular weight excluding hydrogens is 1450 g/mol. The predicted molar refractivity (Wildman–Crippen MR) is 407 cm³/mol. The molecule has 105 heavy (non-hydrogen) atoms. The third kappa shape index (κ3) is 21.1. The Labute approximate surface area is 628 Å². The van der Waals surface area contributed by atoms with Gasteiger partial charge in [-0.1, -0.05) is 113 Å². The van der Waals surface area contributed by atoms with E-state index in [1.165, 1.54) is 45.5 Å². The fourth-order valence-corrected chi connectivity index (χ4v) is 17.9. The molecule has 6 aromatic rings. The van der Waals surface area contributed by atoms with Crippen LogP contribution in [0.25, 0.3) is 16.0 Å². The molecule has 5 N–H and O–H groups in total. The van der Waals surface area contributed by atoms with Crippen LogP contribution >= 0.6 is 34.7 Å². The van der Waals surface area contributed by atoms with Crippen LogP contribution in [0.5, 0.6) is 0 Å². The number of piperazine rings is 2. The summed E-state index contributed by atoms with van der Waals surface area (Å²) in [4.78, 5) is 82.6. The number of hydrogen-bond donors (Lipinski definition) is 5. The molecule has 3 aliphatic heterocycles. The first-order valence-electron chi connectivity index (χ1n) is 35.8. The van der Waals surface area contributed by atoms with Gasteiger partial charge in [0.25, 0.3) is 25.8 Å². The lowest BCUT2D eigenvalue weighted by Crippen LogP contribution is -2.57. The van der Waals surface area contributed by atoms with E-state index in [1.807, 2.05) is 106 Å². The zero-order valence-corrected chi connectivity index (χ0v) is 64.5. The number of aliphatic hydroxyl groups is 1. The second-order valence-electron chi connectivity index (χ2n) is 29.7. The maximum absolute atomic E-state index is 14.6. The first kappa shape index (κ1) is 80.2. The number of rotatable bonds is 28. The van der Waals surface area contributed by atoms with Gasteiger partial charge in [0.2, 0.25) is 23.6 Å². The number of benzene rings is 5. The molecule has 4 aliphatic rings. The minimum absolute atomic E-state index is 0.0419. The van der Waals surface area contributed by atoms with E-state index < -0.39 is 94.3 Å². The van der Waals surface area contributed by atoms with Crippen molar-refractivity contribution in [2.75, 3.05) is 88.0 Å². The second kappa shape index (κ2) is 34.7. The fraction of sp³-hybridized carbons (Fsp3) is 0.481. The third-order valence-corrected chi connectivity index (χ3v) is 25.4. The molecule has 0 bridgehead atoms. The number of halogens is 4. The summed E-state index contributed by atoms with van der Waals surface area (Å²) in [7, 11) is -11.1. The van der Waals surface area contributed by atoms with Gasteiger partial charge in [-0.3, -0.25) is 33.8 Å². The van der Waals surface area contributed by atoms with Gasteiger partial charge in [0.05, 0.1) is 38.8 Å². The zero-order valence-electron chi connectivity index (χ0n) is 60.5. The number of sulfone groups is 1. The molecule has 5 atom stereocenters. The Morgan fingerprint density at radius 1 is 0.790 bits per heavy atom. The van der Waals surface area contributed by atoms with Crippen molar-refractivity contribution in [3.63, 3.8) is 0 Å². The Morgan fingerprint density at radius 3 is 2.10 bits per heavy atom. The maximum atomic E-state index is 14.6. The molecule has 3 saturated heterocycles. The molecule has 5 amide bonds. The molecular formula is C77H96ClF3N10O10S4. The van der Waals surface area contributed by atoms with Crippen LogP contribution in [0.1, 0.15) is 139 Å². The second-order valence-corrected chi connectivity index (χ2v) is 35.7. The number of likely N-dealkylation sites (tertiary alicyclic amines) is 1. The number of nitrogens with one attached hydrogen (secondary N) is 4. The van der Waals surface area contributed by atoms with Gasteiger partial charge in [-0.05, 0) is 152 Å². The standard InChI is InChI=1S/C77H96ClF3N10O10S4/c1-51(53-18-20-55(21-19-53)70-52(2)82-50-103-70)83-73(96)66-44-61(92)48-91(66)74(97)71(75(3,4)5)85-68(93)16-12-9-13-17-69(94)90-42-36-87(37-43-90)35-33-59(49-102-62-14-10-8-11-15-62)84-65-31-30-63(45-67(65)104(98,99)77(79,80)81)105(100,101)86-72(95)56-24-28-60(29-25-56)89-40-38-88(39-41-89)47-57-32-34-76(6,7)46-64(57)54-22-26-58(78)27-23-54/h8,10-11,14-15,18-31,45,50-51,59,61,66,71,84,92H,9,12-13,16-17,32-44,46-49H2,1-7H3,(H,83,96)(H,85,93)(H,86,95)/t51-,59+,61+,66-,71+/m0/s1. The van der Waals surface area contributed by atoms with E-state index >= 15 is 0 Å². The van der Waals surface area contributed by atoms with Gasteiger partial charge in [0.1, 0.15) is 17.0 Å². The number of aliphatic hydroxyl groups excluding tert-OH is 1. The highest BCUT2D eigenvalue weighted by molar-refractivity contribution is 7.99. The van der Waals surface area contributed by atoms with Crippen LogP contribution in [0, 0.1) is 17.8 Å². The first-order chi connectivity index (χ1) is 49.7. The molecule has 28 heteroatoms. The molecule has 5 aromatic carbocycles. The molecule has 1 aliphatic carbocycles. The van der Waals surface area contributed by atoms with Crippen LogP contribution in [0.4, 0.5) is 24.5 Å². The average Bonchev–Trinajstić information content (AvgIpc) is 1.24. The number of hydrogen-bond acceptors (Lipinski definition) is 17. The van der Waals surface area contributed by atoms with Crippen LogP contribution in [0.3, 0.4) is 0 Å². The number of unbranched alkanes of at least 4 members (excludes halogenated alkanes) is 2. The lowest BCUT2D eigenvalue weighted by atomic mass is 9.72. The third-order valence-electron chi connectivity index (χ3n) is 20.2. The Morgan fingerprint density at radius 2 is 1.45 bits per heavy atom. The number of anilines is 2. The largest absolute Gasteiger partial charge is 0.501 e. The van der Waals surface area contributed by atoms with Gasteiger partial charge in [0, 0.05) is 124 Å². The smallest absolute Gasteiger partial charge is 0.391 e. The van der Waals surface area contributed by atoms with Crippen LogP contribution in [-0.2, 0) is 39.0 Å². The van der Waals surface area contributed by atoms with Crippen molar-refractivity contribution >= 4 is 101 Å². The number of carbonyl (C=O) groups is 5. The molecule has 4 heterocycles. The summed E-state index contributed by atoms with van der Waals surface area (Å²) >= 11 is 9.18. The highest BCUT2D eigenvalue weighted by atomic mass is 35.5. The summed E-state index contributed by atoms with van der Waals surface area (Å²) in [5, 5.41) is 20.4. The van der Waals surface area contributed by atoms with Gasteiger partial charge < -0.3 is 35.8 Å². The molecule has 0 saturated carbocycles. The van der Waals surface area contributed by atoms with Crippen LogP contribution in [0.15, 0.2) is 147 Å². The fourth-order valence-electron chi connectivity index (χ4n) is 13.9. The number of β-amino-alcohol motifs (C(OH)–C–C–N with tert-alkyl or cyclic N) is 1. The van der Waals surface area contributed by atoms with Crippen LogP contribution in [0.2, 0.25) is 5.02 Å². The zero-order chi connectivity index (χ0) is 75.6. The Bertz CT molecular complexity index is 4300. The van der Waals surface area contributed by atoms with E-state index in [1.54, 1.807) is 33.9 Å². The summed E-state index contributed by atoms with van der Waals surface area (Å²) in [5.41, 5.74) is 2.51. The number of amides is 5. The number of aromatic nitrogens is 1. The Balaban J connectivity index is 0.690. The van der Waals surface area contributed by atoms with Crippen molar-refractivity contribution < 1.29 is 59.1 Å². The van der Waals surface area contributed by atoms with E-state index in [2.05, 4.69) is 61.6 Å². The molecule has 566 valence electrons. The summed E-state index contributed by atoms with van der Waals surface area (Å²) in [6.45, 7) is 19.8. The minimum atomic E-state index is -6.18. The number of thiazole rings is 1. The van der Waals surface area contributed by atoms with E-state index in [4.69, 9.17) is 11.6 Å². The van der Waals surface area contributed by atoms with Gasteiger partial charge in [-0.2, -0.15) is 13.2 Å².